The van der Waals surface area contributed by atoms with Crippen molar-refractivity contribution in [2.24, 2.45) is 0 Å². The summed E-state index contributed by atoms with van der Waals surface area (Å²) >= 11 is 0. The molecule has 0 radical (unpaired) electrons. The average Bonchev–Trinajstić information content (AvgIpc) is 3.20. The standard InChI is InChI=1S/C22H25FN6O6/c1-22(2,14-8-11-17(27-14)28-21(24)29-18(11)32)6-5-10-7-12(23)16(25-9-10)19(33)26-13(20(34)35)3-4-15(30)31/h7-9,13H,3-6H2,1-2H3,(H,26,33)(H,30,31)(H,34,35)(H4,24,27,28,29,32)/t13-/m0/s1. The van der Waals surface area contributed by atoms with Gasteiger partial charge in [-0.2, -0.15) is 4.98 Å². The molecule has 3 aromatic rings. The van der Waals surface area contributed by atoms with Gasteiger partial charge in [0.1, 0.15) is 11.7 Å². The van der Waals surface area contributed by atoms with Crippen LogP contribution in [0.2, 0.25) is 0 Å². The van der Waals surface area contributed by atoms with Crippen LogP contribution in [0.1, 0.15) is 54.9 Å². The van der Waals surface area contributed by atoms with Crippen molar-refractivity contribution < 1.29 is 29.0 Å². The number of pyridine rings is 1. The third kappa shape index (κ3) is 5.99. The highest BCUT2D eigenvalue weighted by molar-refractivity contribution is 5.95. The van der Waals surface area contributed by atoms with Gasteiger partial charge in [-0.15, -0.1) is 0 Å². The molecule has 0 aromatic carbocycles. The Morgan fingerprint density at radius 1 is 1.23 bits per heavy atom. The van der Waals surface area contributed by atoms with Crippen molar-refractivity contribution in [3.63, 3.8) is 0 Å². The molecule has 0 spiro atoms. The van der Waals surface area contributed by atoms with Gasteiger partial charge in [0.2, 0.25) is 5.95 Å². The third-order valence-electron chi connectivity index (χ3n) is 5.65. The van der Waals surface area contributed by atoms with E-state index >= 15 is 0 Å². The van der Waals surface area contributed by atoms with Gasteiger partial charge < -0.3 is 26.2 Å². The van der Waals surface area contributed by atoms with E-state index in [2.05, 4.69) is 25.3 Å². The lowest BCUT2D eigenvalue weighted by molar-refractivity contribution is -0.140. The lowest BCUT2D eigenvalue weighted by atomic mass is 9.83. The van der Waals surface area contributed by atoms with Crippen molar-refractivity contribution >= 4 is 34.8 Å². The van der Waals surface area contributed by atoms with E-state index in [-0.39, 0.29) is 17.9 Å². The molecule has 0 saturated carbocycles. The molecule has 1 amide bonds. The number of nitrogen functional groups attached to an aromatic ring is 1. The Morgan fingerprint density at radius 3 is 2.57 bits per heavy atom. The van der Waals surface area contributed by atoms with Crippen LogP contribution in [0.3, 0.4) is 0 Å². The lowest BCUT2D eigenvalue weighted by Crippen LogP contribution is -2.41. The maximum atomic E-state index is 14.6. The molecule has 0 aliphatic heterocycles. The number of carbonyl (C=O) groups excluding carboxylic acids is 1. The first-order valence-electron chi connectivity index (χ1n) is 10.7. The number of aliphatic carboxylic acids is 2. The summed E-state index contributed by atoms with van der Waals surface area (Å²) in [7, 11) is 0. The number of hydrogen-bond acceptors (Lipinski definition) is 7. The second-order valence-corrected chi connectivity index (χ2v) is 8.75. The maximum absolute atomic E-state index is 14.6. The number of aromatic amines is 2. The molecule has 3 aromatic heterocycles. The zero-order valence-electron chi connectivity index (χ0n) is 19.0. The highest BCUT2D eigenvalue weighted by Gasteiger charge is 2.26. The van der Waals surface area contributed by atoms with Crippen molar-refractivity contribution in [2.45, 2.75) is 51.0 Å². The predicted molar refractivity (Wildman–Crippen MR) is 122 cm³/mol. The Labute approximate surface area is 197 Å². The second-order valence-electron chi connectivity index (χ2n) is 8.75. The van der Waals surface area contributed by atoms with Crippen molar-refractivity contribution in [3.8, 4) is 0 Å². The van der Waals surface area contributed by atoms with E-state index in [9.17, 15) is 23.6 Å². The van der Waals surface area contributed by atoms with Crippen LogP contribution in [0.4, 0.5) is 10.3 Å². The molecule has 0 bridgehead atoms. The molecule has 3 heterocycles. The number of hydrogen-bond donors (Lipinski definition) is 6. The summed E-state index contributed by atoms with van der Waals surface area (Å²) in [6.45, 7) is 3.87. The normalized spacial score (nSPS) is 12.4. The number of anilines is 1. The Hall–Kier alpha value is -4.29. The Bertz CT molecular complexity index is 1350. The van der Waals surface area contributed by atoms with Gasteiger partial charge in [-0.1, -0.05) is 13.8 Å². The number of nitrogens with one attached hydrogen (secondary N) is 3. The number of aryl methyl sites for hydroxylation is 1. The van der Waals surface area contributed by atoms with E-state index in [0.717, 1.165) is 11.8 Å². The van der Waals surface area contributed by atoms with Crippen molar-refractivity contribution in [1.82, 2.24) is 25.3 Å². The SMILES string of the molecule is CC(C)(CCc1cnc(C(=O)N[C@@H](CCC(=O)O)C(=O)O)c(F)c1)c1cc2c(=O)[nH]c(N)nc2[nH]1. The molecule has 186 valence electrons. The Balaban J connectivity index is 1.70. The average molecular weight is 488 g/mol. The molecule has 35 heavy (non-hydrogen) atoms. The Morgan fingerprint density at radius 2 is 1.94 bits per heavy atom. The number of carboxylic acid groups (broad SMARTS) is 2. The number of carbonyl (C=O) groups is 3. The molecule has 0 unspecified atom stereocenters. The fourth-order valence-corrected chi connectivity index (χ4v) is 3.53. The van der Waals surface area contributed by atoms with Crippen molar-refractivity contribution in [1.29, 1.82) is 0 Å². The van der Waals surface area contributed by atoms with E-state index < -0.39 is 47.2 Å². The summed E-state index contributed by atoms with van der Waals surface area (Å²) in [4.78, 5) is 59.8. The molecule has 13 heteroatoms. The summed E-state index contributed by atoms with van der Waals surface area (Å²) in [5, 5.41) is 20.3. The predicted octanol–water partition coefficient (Wildman–Crippen LogP) is 1.33. The molecular weight excluding hydrogens is 463 g/mol. The molecule has 0 aliphatic carbocycles. The van der Waals surface area contributed by atoms with Gasteiger partial charge in [-0.3, -0.25) is 19.4 Å². The molecule has 0 fully saturated rings. The minimum Gasteiger partial charge on any atom is -0.481 e. The number of halogens is 1. The van der Waals surface area contributed by atoms with Crippen LogP contribution in [-0.2, 0) is 21.4 Å². The fourth-order valence-electron chi connectivity index (χ4n) is 3.53. The molecule has 12 nitrogen and oxygen atoms in total. The van der Waals surface area contributed by atoms with E-state index in [1.54, 1.807) is 6.07 Å². The van der Waals surface area contributed by atoms with E-state index in [1.165, 1.54) is 6.20 Å². The van der Waals surface area contributed by atoms with Gasteiger partial charge in [0.05, 0.1) is 5.39 Å². The smallest absolute Gasteiger partial charge is 0.326 e. The van der Waals surface area contributed by atoms with E-state index in [4.69, 9.17) is 15.9 Å². The summed E-state index contributed by atoms with van der Waals surface area (Å²) in [6, 6.07) is 1.34. The number of rotatable bonds is 10. The van der Waals surface area contributed by atoms with Crippen molar-refractivity contribution in [2.75, 3.05) is 5.73 Å². The summed E-state index contributed by atoms with van der Waals surface area (Å²) < 4.78 is 14.6. The number of nitrogens with zero attached hydrogens (tertiary/aromatic N) is 2. The van der Waals surface area contributed by atoms with Gasteiger partial charge in [-0.25, -0.2) is 14.2 Å². The van der Waals surface area contributed by atoms with Gasteiger partial charge >= 0.3 is 11.9 Å². The Kier molecular flexibility index (Phi) is 7.17. The first-order valence-corrected chi connectivity index (χ1v) is 10.7. The van der Waals surface area contributed by atoms with Crippen LogP contribution in [0.25, 0.3) is 11.0 Å². The number of amides is 1. The lowest BCUT2D eigenvalue weighted by Gasteiger charge is -2.23. The number of H-pyrrole nitrogens is 2. The van der Waals surface area contributed by atoms with E-state index in [1.807, 2.05) is 13.8 Å². The highest BCUT2D eigenvalue weighted by Crippen LogP contribution is 2.29. The molecule has 7 N–H and O–H groups in total. The number of fused-ring (bicyclic) bond motifs is 1. The van der Waals surface area contributed by atoms with E-state index in [0.29, 0.717) is 29.4 Å². The third-order valence-corrected chi connectivity index (χ3v) is 5.65. The summed E-state index contributed by atoms with van der Waals surface area (Å²) in [5.74, 6) is -4.65. The monoisotopic (exact) mass is 488 g/mol. The van der Waals surface area contributed by atoms with Crippen molar-refractivity contribution in [3.05, 3.63) is 51.5 Å². The minimum absolute atomic E-state index is 0.00376. The number of aromatic nitrogens is 4. The summed E-state index contributed by atoms with van der Waals surface area (Å²) in [6.07, 6.45) is 1.40. The molecule has 3 rings (SSSR count). The summed E-state index contributed by atoms with van der Waals surface area (Å²) in [5.41, 5.74) is 5.77. The fraction of sp³-hybridized carbons (Fsp3) is 0.364. The van der Waals surface area contributed by atoms with Crippen LogP contribution in [0.5, 0.6) is 0 Å². The quantitative estimate of drug-likeness (QED) is 0.243. The molecule has 1 atom stereocenters. The zero-order valence-corrected chi connectivity index (χ0v) is 19.0. The number of carboxylic acids is 2. The van der Waals surface area contributed by atoms with Gasteiger partial charge in [0, 0.05) is 23.7 Å². The first kappa shape index (κ1) is 25.3. The first-order chi connectivity index (χ1) is 16.4. The van der Waals surface area contributed by atoms with Crippen LogP contribution < -0.4 is 16.6 Å². The largest absolute Gasteiger partial charge is 0.481 e. The van der Waals surface area contributed by atoms with Crippen LogP contribution in [0.15, 0.2) is 23.1 Å². The molecule has 0 saturated heterocycles. The van der Waals surface area contributed by atoms with Crippen LogP contribution in [0, 0.1) is 5.82 Å². The van der Waals surface area contributed by atoms with Crippen LogP contribution in [-0.4, -0.2) is 54.0 Å². The van der Waals surface area contributed by atoms with Gasteiger partial charge in [0.25, 0.3) is 11.5 Å². The highest BCUT2D eigenvalue weighted by atomic mass is 19.1. The minimum atomic E-state index is -1.49. The van der Waals surface area contributed by atoms with Crippen LogP contribution >= 0.6 is 0 Å². The number of nitrogens with two attached hydrogens (primary N) is 1. The maximum Gasteiger partial charge on any atom is 0.326 e. The van der Waals surface area contributed by atoms with Gasteiger partial charge in [0.15, 0.2) is 11.5 Å². The molecular formula is C22H25FN6O6. The molecule has 0 aliphatic rings. The topological polar surface area (TPSA) is 204 Å². The second kappa shape index (κ2) is 9.91. The van der Waals surface area contributed by atoms with Gasteiger partial charge in [-0.05, 0) is 37.0 Å². The zero-order chi connectivity index (χ0) is 25.9.